The Balaban J connectivity index is 0.00000133. The van der Waals surface area contributed by atoms with Crippen LogP contribution in [0.2, 0.25) is 0 Å². The zero-order valence-electron chi connectivity index (χ0n) is 11.3. The Hall–Kier alpha value is -1.39. The molecule has 19 heavy (non-hydrogen) atoms. The second-order valence-electron chi connectivity index (χ2n) is 5.01. The van der Waals surface area contributed by atoms with Crippen molar-refractivity contribution in [1.82, 2.24) is 20.1 Å². The average molecular weight is 279 g/mol. The number of pyridine rings is 1. The lowest BCUT2D eigenvalue weighted by Crippen LogP contribution is -2.09. The molecular formula is C14H19ClN4. The van der Waals surface area contributed by atoms with Crippen molar-refractivity contribution in [3.05, 3.63) is 35.9 Å². The predicted molar refractivity (Wildman–Crippen MR) is 78.7 cm³/mol. The van der Waals surface area contributed by atoms with E-state index in [2.05, 4.69) is 34.5 Å². The molecule has 0 spiro atoms. The molecule has 0 saturated carbocycles. The van der Waals surface area contributed by atoms with Gasteiger partial charge in [0.25, 0.3) is 0 Å². The van der Waals surface area contributed by atoms with Crippen molar-refractivity contribution in [2.75, 3.05) is 13.1 Å². The number of aromatic nitrogens is 3. The highest BCUT2D eigenvalue weighted by Gasteiger charge is 2.19. The second-order valence-corrected chi connectivity index (χ2v) is 5.01. The van der Waals surface area contributed by atoms with Crippen LogP contribution in [0.1, 0.15) is 23.7 Å². The highest BCUT2D eigenvalue weighted by atomic mass is 35.5. The zero-order valence-corrected chi connectivity index (χ0v) is 12.1. The van der Waals surface area contributed by atoms with Gasteiger partial charge >= 0.3 is 0 Å². The molecule has 4 nitrogen and oxygen atoms in total. The number of aryl methyl sites for hydroxylation is 2. The summed E-state index contributed by atoms with van der Waals surface area (Å²) < 4.78 is 1.84. The standard InChI is InChI=1S/C14H18N4.ClH/c1-10-5-12(13-8-16-18(2)9-13)6-14(17-10)11-3-4-15-7-11;/h5-6,8-9,11,15H,3-4,7H2,1-2H3;1H. The normalized spacial score (nSPS) is 18.3. The number of rotatable bonds is 2. The summed E-state index contributed by atoms with van der Waals surface area (Å²) in [4.78, 5) is 4.68. The largest absolute Gasteiger partial charge is 0.316 e. The molecule has 1 unspecified atom stereocenters. The lowest BCUT2D eigenvalue weighted by atomic mass is 10.00. The van der Waals surface area contributed by atoms with E-state index in [1.54, 1.807) is 0 Å². The van der Waals surface area contributed by atoms with Crippen molar-refractivity contribution in [1.29, 1.82) is 0 Å². The van der Waals surface area contributed by atoms with Gasteiger partial charge in [-0.3, -0.25) is 9.67 Å². The van der Waals surface area contributed by atoms with Crippen LogP contribution < -0.4 is 5.32 Å². The number of nitrogens with one attached hydrogen (secondary N) is 1. The van der Waals surface area contributed by atoms with E-state index in [4.69, 9.17) is 0 Å². The minimum atomic E-state index is 0. The first-order chi connectivity index (χ1) is 8.72. The van der Waals surface area contributed by atoms with Crippen LogP contribution in [-0.4, -0.2) is 27.9 Å². The summed E-state index contributed by atoms with van der Waals surface area (Å²) >= 11 is 0. The van der Waals surface area contributed by atoms with E-state index in [0.717, 1.165) is 24.3 Å². The van der Waals surface area contributed by atoms with Crippen molar-refractivity contribution < 1.29 is 0 Å². The van der Waals surface area contributed by atoms with E-state index < -0.39 is 0 Å². The smallest absolute Gasteiger partial charge is 0.0568 e. The fraction of sp³-hybridized carbons (Fsp3) is 0.429. The molecule has 0 bridgehead atoms. The van der Waals surface area contributed by atoms with Gasteiger partial charge in [-0.25, -0.2) is 0 Å². The summed E-state index contributed by atoms with van der Waals surface area (Å²) in [7, 11) is 1.94. The van der Waals surface area contributed by atoms with Gasteiger partial charge in [0, 0.05) is 42.7 Å². The van der Waals surface area contributed by atoms with Crippen LogP contribution in [-0.2, 0) is 7.05 Å². The van der Waals surface area contributed by atoms with Crippen molar-refractivity contribution in [3.8, 4) is 11.1 Å². The van der Waals surface area contributed by atoms with Gasteiger partial charge in [-0.05, 0) is 37.6 Å². The number of nitrogens with zero attached hydrogens (tertiary/aromatic N) is 3. The molecule has 102 valence electrons. The molecule has 1 aliphatic heterocycles. The average Bonchev–Trinajstić information content (AvgIpc) is 2.98. The van der Waals surface area contributed by atoms with Gasteiger partial charge in [-0.2, -0.15) is 5.10 Å². The summed E-state index contributed by atoms with van der Waals surface area (Å²) in [5, 5.41) is 7.63. The Labute approximate surface area is 119 Å². The molecule has 3 heterocycles. The topological polar surface area (TPSA) is 42.7 Å². The van der Waals surface area contributed by atoms with Crippen LogP contribution >= 0.6 is 12.4 Å². The molecule has 5 heteroatoms. The minimum absolute atomic E-state index is 0. The molecule has 2 aromatic rings. The van der Waals surface area contributed by atoms with E-state index in [0.29, 0.717) is 5.92 Å². The van der Waals surface area contributed by atoms with Crippen molar-refractivity contribution in [2.45, 2.75) is 19.3 Å². The van der Waals surface area contributed by atoms with Crippen LogP contribution in [0.4, 0.5) is 0 Å². The molecule has 1 aliphatic rings. The highest BCUT2D eigenvalue weighted by Crippen LogP contribution is 2.26. The molecule has 1 atom stereocenters. The Bertz CT molecular complexity index is 558. The molecule has 3 rings (SSSR count). The number of halogens is 1. The highest BCUT2D eigenvalue weighted by molar-refractivity contribution is 5.85. The molecule has 1 saturated heterocycles. The van der Waals surface area contributed by atoms with E-state index in [1.807, 2.05) is 24.1 Å². The third-order valence-electron chi connectivity index (χ3n) is 3.49. The van der Waals surface area contributed by atoms with Crippen LogP contribution in [0.3, 0.4) is 0 Å². The third-order valence-corrected chi connectivity index (χ3v) is 3.49. The third kappa shape index (κ3) is 2.96. The fourth-order valence-electron chi connectivity index (χ4n) is 2.55. The van der Waals surface area contributed by atoms with Crippen molar-refractivity contribution in [2.24, 2.45) is 7.05 Å². The van der Waals surface area contributed by atoms with Crippen molar-refractivity contribution >= 4 is 12.4 Å². The molecule has 1 fully saturated rings. The van der Waals surface area contributed by atoms with E-state index in [1.165, 1.54) is 17.7 Å². The molecular weight excluding hydrogens is 260 g/mol. The first-order valence-electron chi connectivity index (χ1n) is 6.41. The van der Waals surface area contributed by atoms with E-state index in [-0.39, 0.29) is 12.4 Å². The maximum atomic E-state index is 4.68. The molecule has 0 amide bonds. The molecule has 0 aliphatic carbocycles. The predicted octanol–water partition coefficient (Wildman–Crippen LogP) is 2.29. The Morgan fingerprint density at radius 2 is 2.16 bits per heavy atom. The van der Waals surface area contributed by atoms with Gasteiger partial charge in [-0.1, -0.05) is 0 Å². The van der Waals surface area contributed by atoms with Crippen LogP contribution in [0.15, 0.2) is 24.5 Å². The van der Waals surface area contributed by atoms with Gasteiger partial charge < -0.3 is 5.32 Å². The maximum absolute atomic E-state index is 4.68. The van der Waals surface area contributed by atoms with Crippen LogP contribution in [0.5, 0.6) is 0 Å². The first-order valence-corrected chi connectivity index (χ1v) is 6.41. The Kier molecular flexibility index (Phi) is 4.22. The summed E-state index contributed by atoms with van der Waals surface area (Å²) in [5.74, 6) is 0.556. The lowest BCUT2D eigenvalue weighted by molar-refractivity contribution is 0.731. The summed E-state index contributed by atoms with van der Waals surface area (Å²) in [5.41, 5.74) is 4.67. The van der Waals surface area contributed by atoms with E-state index in [9.17, 15) is 0 Å². The lowest BCUT2D eigenvalue weighted by Gasteiger charge is -2.10. The van der Waals surface area contributed by atoms with Gasteiger partial charge in [0.15, 0.2) is 0 Å². The van der Waals surface area contributed by atoms with Crippen molar-refractivity contribution in [3.63, 3.8) is 0 Å². The molecule has 2 aromatic heterocycles. The molecule has 0 radical (unpaired) electrons. The summed E-state index contributed by atoms with van der Waals surface area (Å²) in [6, 6.07) is 4.34. The molecule has 0 aromatic carbocycles. The first kappa shape index (κ1) is 14.0. The summed E-state index contributed by atoms with van der Waals surface area (Å²) in [6.07, 6.45) is 5.14. The monoisotopic (exact) mass is 278 g/mol. The van der Waals surface area contributed by atoms with Gasteiger partial charge in [0.1, 0.15) is 0 Å². The fourth-order valence-corrected chi connectivity index (χ4v) is 2.55. The maximum Gasteiger partial charge on any atom is 0.0568 e. The Morgan fingerprint density at radius 3 is 2.79 bits per heavy atom. The quantitative estimate of drug-likeness (QED) is 0.917. The van der Waals surface area contributed by atoms with E-state index >= 15 is 0 Å². The second kappa shape index (κ2) is 5.72. The SMILES string of the molecule is Cc1cc(-c2cnn(C)c2)cc(C2CCNC2)n1.Cl. The summed E-state index contributed by atoms with van der Waals surface area (Å²) in [6.45, 7) is 4.21. The Morgan fingerprint density at radius 1 is 1.32 bits per heavy atom. The zero-order chi connectivity index (χ0) is 12.5. The number of hydrogen-bond acceptors (Lipinski definition) is 3. The molecule has 1 N–H and O–H groups in total. The van der Waals surface area contributed by atoms with Crippen LogP contribution in [0.25, 0.3) is 11.1 Å². The number of hydrogen-bond donors (Lipinski definition) is 1. The van der Waals surface area contributed by atoms with Gasteiger partial charge in [-0.15, -0.1) is 12.4 Å². The minimum Gasteiger partial charge on any atom is -0.316 e. The van der Waals surface area contributed by atoms with Crippen LogP contribution in [0, 0.1) is 6.92 Å². The van der Waals surface area contributed by atoms with Gasteiger partial charge in [0.2, 0.25) is 0 Å². The van der Waals surface area contributed by atoms with Gasteiger partial charge in [0.05, 0.1) is 6.20 Å².